The van der Waals surface area contributed by atoms with Crippen molar-refractivity contribution < 1.29 is 0 Å². The number of hydrogen-bond acceptors (Lipinski definition) is 0. The summed E-state index contributed by atoms with van der Waals surface area (Å²) in [4.78, 5) is 0. The molecule has 0 bridgehead atoms. The lowest BCUT2D eigenvalue weighted by Gasteiger charge is -1.91. The molecular formula is C12H14. The highest BCUT2D eigenvalue weighted by molar-refractivity contribution is 5.24. The smallest absolute Gasteiger partial charge is 0.00176 e. The monoisotopic (exact) mass is 158 g/mol. The van der Waals surface area contributed by atoms with Crippen molar-refractivity contribution in [2.75, 3.05) is 0 Å². The van der Waals surface area contributed by atoms with Gasteiger partial charge in [-0.25, -0.2) is 0 Å². The molecule has 12 heavy (non-hydrogen) atoms. The summed E-state index contributed by atoms with van der Waals surface area (Å²) in [6, 6.07) is 0. The van der Waals surface area contributed by atoms with Crippen LogP contribution in [0.4, 0.5) is 0 Å². The topological polar surface area (TPSA) is 0 Å². The van der Waals surface area contributed by atoms with Crippen molar-refractivity contribution >= 4 is 0 Å². The van der Waals surface area contributed by atoms with E-state index in [0.717, 1.165) is 18.4 Å². The Morgan fingerprint density at radius 3 is 3.00 bits per heavy atom. The van der Waals surface area contributed by atoms with E-state index in [-0.39, 0.29) is 0 Å². The van der Waals surface area contributed by atoms with Gasteiger partial charge in [0.1, 0.15) is 0 Å². The predicted octanol–water partition coefficient (Wildman–Crippen LogP) is 3.54. The van der Waals surface area contributed by atoms with Crippen molar-refractivity contribution in [2.24, 2.45) is 0 Å². The van der Waals surface area contributed by atoms with Crippen LogP contribution in [0.25, 0.3) is 0 Å². The highest BCUT2D eigenvalue weighted by Gasteiger charge is 1.86. The number of allylic oxidation sites excluding steroid dienone is 4. The van der Waals surface area contributed by atoms with E-state index in [0.29, 0.717) is 0 Å². The van der Waals surface area contributed by atoms with Gasteiger partial charge in [-0.3, -0.25) is 0 Å². The second-order valence-corrected chi connectivity index (χ2v) is 2.86. The maximum Gasteiger partial charge on any atom is -0.00176 e. The Labute approximate surface area is 74.3 Å². The van der Waals surface area contributed by atoms with Gasteiger partial charge in [0.15, 0.2) is 0 Å². The zero-order chi connectivity index (χ0) is 8.81. The van der Waals surface area contributed by atoms with Gasteiger partial charge in [0.25, 0.3) is 0 Å². The molecule has 0 unspecified atom stereocenters. The molecule has 0 saturated carbocycles. The van der Waals surface area contributed by atoms with E-state index in [1.54, 1.807) is 0 Å². The van der Waals surface area contributed by atoms with Crippen molar-refractivity contribution in [3.8, 4) is 0 Å². The second-order valence-electron chi connectivity index (χ2n) is 2.86. The molecule has 1 rings (SSSR count). The van der Waals surface area contributed by atoms with E-state index in [4.69, 9.17) is 0 Å². The summed E-state index contributed by atoms with van der Waals surface area (Å²) in [5.74, 6) is 0. The molecule has 0 saturated heterocycles. The summed E-state index contributed by atoms with van der Waals surface area (Å²) in [5.41, 5.74) is 8.80. The Morgan fingerprint density at radius 2 is 2.25 bits per heavy atom. The molecule has 0 heterocycles. The lowest BCUT2D eigenvalue weighted by molar-refractivity contribution is 1.13. The first-order chi connectivity index (χ1) is 5.83. The SMILES string of the molecule is CCC1=CCC=C=C(C)C=C=C1. The zero-order valence-electron chi connectivity index (χ0n) is 7.72. The largest absolute Gasteiger partial charge is 0.121 e. The molecule has 0 fully saturated rings. The lowest BCUT2D eigenvalue weighted by atomic mass is 10.1. The Kier molecular flexibility index (Phi) is 3.41. The molecule has 0 nitrogen and oxygen atoms in total. The van der Waals surface area contributed by atoms with Crippen molar-refractivity contribution in [1.82, 2.24) is 0 Å². The zero-order valence-corrected chi connectivity index (χ0v) is 7.72. The number of hydrogen-bond donors (Lipinski definition) is 0. The summed E-state index contributed by atoms with van der Waals surface area (Å²) in [7, 11) is 0. The van der Waals surface area contributed by atoms with Crippen LogP contribution in [0.3, 0.4) is 0 Å². The van der Waals surface area contributed by atoms with Crippen LogP contribution in [-0.2, 0) is 0 Å². The Morgan fingerprint density at radius 1 is 1.42 bits per heavy atom. The maximum absolute atomic E-state index is 3.18. The number of rotatable bonds is 1. The van der Waals surface area contributed by atoms with Gasteiger partial charge in [-0.15, -0.1) is 11.5 Å². The Balaban J connectivity index is 2.95. The van der Waals surface area contributed by atoms with Crippen molar-refractivity contribution in [1.29, 1.82) is 0 Å². The molecule has 0 amide bonds. The molecule has 0 aromatic carbocycles. The van der Waals surface area contributed by atoms with Crippen molar-refractivity contribution in [2.45, 2.75) is 26.7 Å². The predicted molar refractivity (Wildman–Crippen MR) is 52.9 cm³/mol. The van der Waals surface area contributed by atoms with Gasteiger partial charge < -0.3 is 0 Å². The summed E-state index contributed by atoms with van der Waals surface area (Å²) >= 11 is 0. The summed E-state index contributed by atoms with van der Waals surface area (Å²) in [6.45, 7) is 4.19. The third-order valence-corrected chi connectivity index (χ3v) is 1.80. The van der Waals surface area contributed by atoms with Crippen LogP contribution in [0.15, 0.2) is 46.9 Å². The van der Waals surface area contributed by atoms with E-state index >= 15 is 0 Å². The van der Waals surface area contributed by atoms with E-state index in [9.17, 15) is 0 Å². The van der Waals surface area contributed by atoms with E-state index < -0.39 is 0 Å². The third kappa shape index (κ3) is 2.80. The average Bonchev–Trinajstić information content (AvgIpc) is 2.17. The van der Waals surface area contributed by atoms with Crippen LogP contribution in [0.2, 0.25) is 0 Å². The van der Waals surface area contributed by atoms with Crippen LogP contribution < -0.4 is 0 Å². The van der Waals surface area contributed by atoms with Crippen LogP contribution in [0.1, 0.15) is 26.7 Å². The average molecular weight is 158 g/mol. The fourth-order valence-electron chi connectivity index (χ4n) is 1.05. The molecule has 1 aliphatic carbocycles. The molecular weight excluding hydrogens is 144 g/mol. The summed E-state index contributed by atoms with van der Waals surface area (Å²) in [6.07, 6.45) is 10.3. The molecule has 0 radical (unpaired) electrons. The van der Waals surface area contributed by atoms with Crippen LogP contribution in [0, 0.1) is 0 Å². The molecule has 0 atom stereocenters. The summed E-state index contributed by atoms with van der Waals surface area (Å²) in [5, 5.41) is 0. The normalized spacial score (nSPS) is 16.2. The highest BCUT2D eigenvalue weighted by atomic mass is 13.9. The Hall–Kier alpha value is -1.22. The van der Waals surface area contributed by atoms with Crippen LogP contribution >= 0.6 is 0 Å². The molecule has 0 aromatic heterocycles. The van der Waals surface area contributed by atoms with Gasteiger partial charge in [-0.2, -0.15) is 0 Å². The van der Waals surface area contributed by atoms with Gasteiger partial charge in [0.2, 0.25) is 0 Å². The van der Waals surface area contributed by atoms with Crippen LogP contribution in [0.5, 0.6) is 0 Å². The van der Waals surface area contributed by atoms with Gasteiger partial charge in [-0.05, 0) is 49.1 Å². The first kappa shape index (κ1) is 8.87. The molecule has 1 aliphatic rings. The van der Waals surface area contributed by atoms with Crippen LogP contribution in [-0.4, -0.2) is 0 Å². The third-order valence-electron chi connectivity index (χ3n) is 1.80. The van der Waals surface area contributed by atoms with E-state index in [1.807, 2.05) is 19.1 Å². The van der Waals surface area contributed by atoms with E-state index in [2.05, 4.69) is 30.5 Å². The van der Waals surface area contributed by atoms with Gasteiger partial charge in [0.05, 0.1) is 0 Å². The maximum atomic E-state index is 3.18. The molecule has 0 aromatic rings. The first-order valence-electron chi connectivity index (χ1n) is 4.36. The molecule has 0 N–H and O–H groups in total. The van der Waals surface area contributed by atoms with Gasteiger partial charge in [-0.1, -0.05) is 13.0 Å². The quantitative estimate of drug-likeness (QED) is 0.512. The van der Waals surface area contributed by atoms with E-state index in [1.165, 1.54) is 5.57 Å². The fourth-order valence-corrected chi connectivity index (χ4v) is 1.05. The van der Waals surface area contributed by atoms with Crippen molar-refractivity contribution in [3.05, 3.63) is 46.9 Å². The molecule has 62 valence electrons. The Bertz CT molecular complexity index is 301. The minimum atomic E-state index is 0.979. The minimum absolute atomic E-state index is 0.979. The van der Waals surface area contributed by atoms with Gasteiger partial charge in [0, 0.05) is 0 Å². The van der Waals surface area contributed by atoms with Crippen molar-refractivity contribution in [3.63, 3.8) is 0 Å². The highest BCUT2D eigenvalue weighted by Crippen LogP contribution is 2.05. The standard InChI is InChI=1S/C12H14/c1-3-12-9-5-4-7-11(2)8-6-10-12/h4,8-10H,3,5H2,1-2H3. The summed E-state index contributed by atoms with van der Waals surface area (Å²) < 4.78 is 0. The minimum Gasteiger partial charge on any atom is -0.121 e. The first-order valence-corrected chi connectivity index (χ1v) is 4.36. The second kappa shape index (κ2) is 4.62. The molecule has 0 aliphatic heterocycles. The lowest BCUT2D eigenvalue weighted by Crippen LogP contribution is -1.71. The fraction of sp³-hybridized carbons (Fsp3) is 0.333. The molecule has 0 spiro atoms. The molecule has 0 heteroatoms. The van der Waals surface area contributed by atoms with Gasteiger partial charge >= 0.3 is 0 Å².